The molecule has 0 N–H and O–H groups in total. The van der Waals surface area contributed by atoms with Crippen molar-refractivity contribution in [3.05, 3.63) is 52.6 Å². The minimum Gasteiger partial charge on any atom is -0.0727 e. The first-order chi connectivity index (χ1) is 14.7. The highest BCUT2D eigenvalue weighted by Crippen LogP contribution is 2.55. The van der Waals surface area contributed by atoms with Gasteiger partial charge < -0.3 is 0 Å². The smallest absolute Gasteiger partial charge is 0.0211 e. The monoisotopic (exact) mass is 406 g/mol. The van der Waals surface area contributed by atoms with E-state index >= 15 is 0 Å². The standard InChI is InChI=1S/C30H46/c1-4-6-8-10-12-16-22-30(23-17-13-11-9-7-5-2)28-19-15-14-18-26(28)27-21-20-25(3)24-29(27)30/h14-15,18-19,24H,4-13,16-17,20-23H2,1-3H3. The van der Waals surface area contributed by atoms with Crippen LogP contribution in [0.15, 0.2) is 41.5 Å². The summed E-state index contributed by atoms with van der Waals surface area (Å²) < 4.78 is 0. The fraction of sp³-hybridized carbons (Fsp3) is 0.667. The Balaban J connectivity index is 1.78. The molecule has 2 aliphatic rings. The predicted molar refractivity (Wildman–Crippen MR) is 134 cm³/mol. The Bertz CT molecular complexity index is 701. The number of hydrogen-bond acceptors (Lipinski definition) is 0. The van der Waals surface area contributed by atoms with Gasteiger partial charge in [0.1, 0.15) is 0 Å². The van der Waals surface area contributed by atoms with Crippen LogP contribution in [0.1, 0.15) is 135 Å². The van der Waals surface area contributed by atoms with Gasteiger partial charge in [-0.15, -0.1) is 0 Å². The summed E-state index contributed by atoms with van der Waals surface area (Å²) in [4.78, 5) is 0. The number of rotatable bonds is 14. The van der Waals surface area contributed by atoms with E-state index in [1.54, 1.807) is 27.8 Å². The molecule has 1 aromatic carbocycles. The van der Waals surface area contributed by atoms with Gasteiger partial charge in [-0.3, -0.25) is 0 Å². The second kappa shape index (κ2) is 11.9. The minimum atomic E-state index is 0.295. The third-order valence-electron chi connectivity index (χ3n) is 7.68. The Labute approximate surface area is 187 Å². The van der Waals surface area contributed by atoms with Crippen molar-refractivity contribution in [3.63, 3.8) is 0 Å². The molecule has 3 rings (SSSR count). The van der Waals surface area contributed by atoms with Crippen LogP contribution in [-0.2, 0) is 5.41 Å². The van der Waals surface area contributed by atoms with Gasteiger partial charge in [0.15, 0.2) is 0 Å². The minimum absolute atomic E-state index is 0.295. The van der Waals surface area contributed by atoms with Crippen LogP contribution < -0.4 is 0 Å². The molecule has 0 radical (unpaired) electrons. The molecular formula is C30H46. The Hall–Kier alpha value is -1.30. The normalized spacial score (nSPS) is 17.1. The second-order valence-electron chi connectivity index (χ2n) is 10.0. The topological polar surface area (TPSA) is 0 Å². The van der Waals surface area contributed by atoms with Gasteiger partial charge in [-0.25, -0.2) is 0 Å². The van der Waals surface area contributed by atoms with E-state index in [4.69, 9.17) is 0 Å². The molecule has 0 saturated heterocycles. The predicted octanol–water partition coefficient (Wildman–Crippen LogP) is 9.93. The van der Waals surface area contributed by atoms with Gasteiger partial charge in [-0.2, -0.15) is 0 Å². The summed E-state index contributed by atoms with van der Waals surface area (Å²) >= 11 is 0. The van der Waals surface area contributed by atoms with Crippen LogP contribution in [-0.4, -0.2) is 0 Å². The molecule has 0 aliphatic heterocycles. The average Bonchev–Trinajstić information content (AvgIpc) is 3.03. The summed E-state index contributed by atoms with van der Waals surface area (Å²) in [6, 6.07) is 9.46. The molecule has 0 heterocycles. The molecule has 0 heteroatoms. The van der Waals surface area contributed by atoms with Gasteiger partial charge in [0.2, 0.25) is 0 Å². The molecule has 1 aromatic rings. The van der Waals surface area contributed by atoms with Gasteiger partial charge in [0.25, 0.3) is 0 Å². The van der Waals surface area contributed by atoms with E-state index in [-0.39, 0.29) is 0 Å². The molecule has 0 aromatic heterocycles. The van der Waals surface area contributed by atoms with Gasteiger partial charge in [0.05, 0.1) is 0 Å². The van der Waals surface area contributed by atoms with Crippen LogP contribution in [0.25, 0.3) is 5.57 Å². The molecule has 0 nitrogen and oxygen atoms in total. The number of hydrogen-bond donors (Lipinski definition) is 0. The lowest BCUT2D eigenvalue weighted by Crippen LogP contribution is -2.27. The van der Waals surface area contributed by atoms with E-state index in [2.05, 4.69) is 51.1 Å². The number of benzene rings is 1. The molecule has 0 unspecified atom stereocenters. The van der Waals surface area contributed by atoms with Crippen molar-refractivity contribution in [1.29, 1.82) is 0 Å². The molecule has 0 fully saturated rings. The van der Waals surface area contributed by atoms with Crippen LogP contribution >= 0.6 is 0 Å². The van der Waals surface area contributed by atoms with Crippen molar-refractivity contribution in [3.8, 4) is 0 Å². The van der Waals surface area contributed by atoms with E-state index in [1.165, 1.54) is 103 Å². The summed E-state index contributed by atoms with van der Waals surface area (Å²) in [6.45, 7) is 6.99. The SMILES string of the molecule is CCCCCCCCC1(CCCCCCCC)C2=C(CCC(C)=C2)c2ccccc21. The first kappa shape index (κ1) is 23.4. The van der Waals surface area contributed by atoms with Gasteiger partial charge >= 0.3 is 0 Å². The lowest BCUT2D eigenvalue weighted by atomic mass is 9.68. The Morgan fingerprint density at radius 2 is 1.27 bits per heavy atom. The van der Waals surface area contributed by atoms with Crippen molar-refractivity contribution in [2.24, 2.45) is 0 Å². The summed E-state index contributed by atoms with van der Waals surface area (Å²) in [7, 11) is 0. The zero-order valence-electron chi connectivity index (χ0n) is 20.2. The molecule has 2 aliphatic carbocycles. The Morgan fingerprint density at radius 1 is 0.700 bits per heavy atom. The van der Waals surface area contributed by atoms with Crippen LogP contribution in [0.4, 0.5) is 0 Å². The molecule has 166 valence electrons. The van der Waals surface area contributed by atoms with Crippen LogP contribution in [0.2, 0.25) is 0 Å². The van der Waals surface area contributed by atoms with Gasteiger partial charge in [0, 0.05) is 5.41 Å². The molecule has 0 bridgehead atoms. The highest BCUT2D eigenvalue weighted by molar-refractivity contribution is 5.83. The molecule has 0 saturated carbocycles. The lowest BCUT2D eigenvalue weighted by Gasteiger charge is -2.35. The average molecular weight is 407 g/mol. The zero-order chi connectivity index (χ0) is 21.2. The van der Waals surface area contributed by atoms with Crippen molar-refractivity contribution < 1.29 is 0 Å². The summed E-state index contributed by atoms with van der Waals surface area (Å²) in [5.74, 6) is 0. The van der Waals surface area contributed by atoms with Crippen LogP contribution in [0.5, 0.6) is 0 Å². The number of unbranched alkanes of at least 4 members (excludes halogenated alkanes) is 10. The van der Waals surface area contributed by atoms with Crippen LogP contribution in [0, 0.1) is 0 Å². The van der Waals surface area contributed by atoms with E-state index in [0.29, 0.717) is 5.41 Å². The number of fused-ring (bicyclic) bond motifs is 2. The van der Waals surface area contributed by atoms with E-state index in [0.717, 1.165) is 0 Å². The highest BCUT2D eigenvalue weighted by Gasteiger charge is 2.43. The fourth-order valence-corrected chi connectivity index (χ4v) is 5.96. The maximum absolute atomic E-state index is 2.60. The Morgan fingerprint density at radius 3 is 1.90 bits per heavy atom. The van der Waals surface area contributed by atoms with E-state index in [9.17, 15) is 0 Å². The second-order valence-corrected chi connectivity index (χ2v) is 10.0. The molecule has 0 amide bonds. The van der Waals surface area contributed by atoms with Gasteiger partial charge in [-0.1, -0.05) is 127 Å². The lowest BCUT2D eigenvalue weighted by molar-refractivity contribution is 0.394. The van der Waals surface area contributed by atoms with Gasteiger partial charge in [-0.05, 0) is 54.9 Å². The summed E-state index contributed by atoms with van der Waals surface area (Å²) in [6.07, 6.45) is 24.6. The first-order valence-electron chi connectivity index (χ1n) is 13.2. The summed E-state index contributed by atoms with van der Waals surface area (Å²) in [5, 5.41) is 0. The van der Waals surface area contributed by atoms with Crippen molar-refractivity contribution >= 4 is 5.57 Å². The summed E-state index contributed by atoms with van der Waals surface area (Å²) in [5.41, 5.74) is 8.55. The van der Waals surface area contributed by atoms with Crippen molar-refractivity contribution in [1.82, 2.24) is 0 Å². The van der Waals surface area contributed by atoms with Crippen LogP contribution in [0.3, 0.4) is 0 Å². The fourth-order valence-electron chi connectivity index (χ4n) is 5.96. The maximum Gasteiger partial charge on any atom is 0.0211 e. The first-order valence-corrected chi connectivity index (χ1v) is 13.2. The molecule has 30 heavy (non-hydrogen) atoms. The third kappa shape index (κ3) is 5.49. The molecule has 0 atom stereocenters. The molecular weight excluding hydrogens is 360 g/mol. The quantitative estimate of drug-likeness (QED) is 0.270. The van der Waals surface area contributed by atoms with E-state index in [1.807, 2.05) is 0 Å². The Kier molecular flexibility index (Phi) is 9.28. The molecule has 0 spiro atoms. The van der Waals surface area contributed by atoms with E-state index < -0.39 is 0 Å². The zero-order valence-corrected chi connectivity index (χ0v) is 20.2. The number of allylic oxidation sites excluding steroid dienone is 4. The van der Waals surface area contributed by atoms with Crippen molar-refractivity contribution in [2.75, 3.05) is 0 Å². The third-order valence-corrected chi connectivity index (χ3v) is 7.68. The maximum atomic E-state index is 2.60. The highest BCUT2D eigenvalue weighted by atomic mass is 14.5. The van der Waals surface area contributed by atoms with Crippen molar-refractivity contribution in [2.45, 2.75) is 129 Å². The largest absolute Gasteiger partial charge is 0.0727 e.